The van der Waals surface area contributed by atoms with Crippen LogP contribution in [0.2, 0.25) is 0 Å². The molecule has 0 amide bonds. The summed E-state index contributed by atoms with van der Waals surface area (Å²) in [6.45, 7) is 3.92. The molecule has 1 unspecified atom stereocenters. The van der Waals surface area contributed by atoms with E-state index in [2.05, 4.69) is 30.7 Å². The van der Waals surface area contributed by atoms with E-state index in [0.29, 0.717) is 0 Å². The quantitative estimate of drug-likeness (QED) is 0.733. The van der Waals surface area contributed by atoms with Gasteiger partial charge < -0.3 is 13.9 Å². The predicted octanol–water partition coefficient (Wildman–Crippen LogP) is 2.54. The third-order valence-electron chi connectivity index (χ3n) is 4.04. The molecule has 0 spiro atoms. The van der Waals surface area contributed by atoms with E-state index in [0.717, 1.165) is 35.7 Å². The fourth-order valence-electron chi connectivity index (χ4n) is 2.91. The minimum atomic E-state index is 0.850. The molecule has 0 bridgehead atoms. The molecule has 0 aliphatic carbocycles. The molecule has 116 valence electrons. The van der Waals surface area contributed by atoms with Gasteiger partial charge in [-0.15, -0.1) is 0 Å². The molecule has 3 rings (SSSR count). The zero-order valence-corrected chi connectivity index (χ0v) is 14.1. The van der Waals surface area contributed by atoms with Gasteiger partial charge in [-0.25, -0.2) is 0 Å². The molecular weight excluding hydrogens is 294 g/mol. The van der Waals surface area contributed by atoms with Crippen LogP contribution < -0.4 is 4.90 Å². The van der Waals surface area contributed by atoms with Gasteiger partial charge in [-0.3, -0.25) is 4.57 Å². The van der Waals surface area contributed by atoms with Crippen molar-refractivity contribution in [3.05, 3.63) is 52.8 Å². The topological polar surface area (TPSA) is 27.4 Å². The molecule has 3 aromatic rings. The van der Waals surface area contributed by atoms with Gasteiger partial charge in [0.05, 0.1) is 12.6 Å². The number of aromatic nitrogens is 2. The zero-order valence-electron chi connectivity index (χ0n) is 13.3. The van der Waals surface area contributed by atoms with Crippen LogP contribution in [0.4, 0.5) is 0 Å². The number of para-hydroxylation sites is 1. The van der Waals surface area contributed by atoms with Crippen LogP contribution in [0.5, 0.6) is 0 Å². The van der Waals surface area contributed by atoms with Crippen molar-refractivity contribution in [3.8, 4) is 0 Å². The van der Waals surface area contributed by atoms with Crippen molar-refractivity contribution in [2.75, 3.05) is 7.05 Å². The van der Waals surface area contributed by atoms with Crippen LogP contribution in [0.25, 0.3) is 11.0 Å². The van der Waals surface area contributed by atoms with Gasteiger partial charge in [0.2, 0.25) is 0 Å². The molecule has 1 atom stereocenters. The second-order valence-corrected chi connectivity index (χ2v) is 6.17. The van der Waals surface area contributed by atoms with Gasteiger partial charge in [0.25, 0.3) is 0 Å². The van der Waals surface area contributed by atoms with Crippen molar-refractivity contribution in [1.82, 2.24) is 9.13 Å². The van der Waals surface area contributed by atoms with Gasteiger partial charge in [-0.2, -0.15) is 0 Å². The second-order valence-electron chi connectivity index (χ2n) is 5.81. The molecular formula is C17H22N3OS+. The van der Waals surface area contributed by atoms with Crippen molar-refractivity contribution in [3.63, 3.8) is 0 Å². The number of hydrogen-bond donors (Lipinski definition) is 1. The third-order valence-corrected chi connectivity index (χ3v) is 4.56. The van der Waals surface area contributed by atoms with Crippen LogP contribution in [0, 0.1) is 4.77 Å². The van der Waals surface area contributed by atoms with Crippen LogP contribution in [-0.4, -0.2) is 16.2 Å². The third kappa shape index (κ3) is 2.74. The highest BCUT2D eigenvalue weighted by atomic mass is 32.1. The van der Waals surface area contributed by atoms with E-state index in [1.54, 1.807) is 0 Å². The highest BCUT2D eigenvalue weighted by Gasteiger charge is 2.16. The number of fused-ring (bicyclic) bond motifs is 1. The molecule has 1 aromatic carbocycles. The summed E-state index contributed by atoms with van der Waals surface area (Å²) in [6, 6.07) is 8.29. The maximum atomic E-state index is 5.98. The van der Waals surface area contributed by atoms with E-state index in [1.165, 1.54) is 15.8 Å². The first kappa shape index (κ1) is 15.1. The Morgan fingerprint density at radius 2 is 2.00 bits per heavy atom. The molecule has 0 radical (unpaired) electrons. The van der Waals surface area contributed by atoms with Crippen LogP contribution in [0.1, 0.15) is 18.2 Å². The van der Waals surface area contributed by atoms with Crippen LogP contribution >= 0.6 is 12.2 Å². The summed E-state index contributed by atoms with van der Waals surface area (Å²) in [4.78, 5) is 1.38. The summed E-state index contributed by atoms with van der Waals surface area (Å²) in [5.74, 6) is 1.09. The Balaban J connectivity index is 1.86. The lowest BCUT2D eigenvalue weighted by molar-refractivity contribution is -0.916. The summed E-state index contributed by atoms with van der Waals surface area (Å²) >= 11 is 5.41. The van der Waals surface area contributed by atoms with Crippen molar-refractivity contribution >= 4 is 23.2 Å². The summed E-state index contributed by atoms with van der Waals surface area (Å²) < 4.78 is 10.9. The molecule has 0 aliphatic heterocycles. The number of quaternary nitrogens is 1. The second kappa shape index (κ2) is 6.10. The van der Waals surface area contributed by atoms with E-state index in [4.69, 9.17) is 16.6 Å². The lowest BCUT2D eigenvalue weighted by atomic mass is 10.1. The summed E-state index contributed by atoms with van der Waals surface area (Å²) in [7, 11) is 4.17. The first-order chi connectivity index (χ1) is 10.6. The minimum absolute atomic E-state index is 0.850. The standard InChI is InChI=1S/C17H21N3OS/c1-4-15-14(13-7-5-6-8-16(13)21-15)11-18(2)12-20-10-9-19(3)17(20)22/h5-10H,4,11-12H2,1-3H3/p+1. The Morgan fingerprint density at radius 3 is 2.68 bits per heavy atom. The summed E-state index contributed by atoms with van der Waals surface area (Å²) in [5, 5.41) is 1.23. The molecule has 2 aromatic heterocycles. The molecule has 0 aliphatic rings. The molecule has 22 heavy (non-hydrogen) atoms. The number of hydrogen-bond acceptors (Lipinski definition) is 2. The van der Waals surface area contributed by atoms with E-state index in [-0.39, 0.29) is 0 Å². The Labute approximate surface area is 135 Å². The molecule has 0 saturated carbocycles. The fourth-order valence-corrected chi connectivity index (χ4v) is 3.09. The maximum Gasteiger partial charge on any atom is 0.183 e. The summed E-state index contributed by atoms with van der Waals surface area (Å²) in [5.41, 5.74) is 2.30. The molecule has 1 N–H and O–H groups in total. The normalized spacial score (nSPS) is 12.9. The van der Waals surface area contributed by atoms with Crippen LogP contribution in [0.15, 0.2) is 41.1 Å². The molecule has 0 fully saturated rings. The van der Waals surface area contributed by atoms with Gasteiger partial charge in [0.1, 0.15) is 17.9 Å². The Kier molecular flexibility index (Phi) is 4.18. The van der Waals surface area contributed by atoms with E-state index < -0.39 is 0 Å². The molecule has 5 heteroatoms. The monoisotopic (exact) mass is 316 g/mol. The van der Waals surface area contributed by atoms with Crippen molar-refractivity contribution in [1.29, 1.82) is 0 Å². The molecule has 0 saturated heterocycles. The van der Waals surface area contributed by atoms with Crippen LogP contribution in [-0.2, 0) is 26.7 Å². The number of nitrogens with one attached hydrogen (secondary N) is 1. The zero-order chi connectivity index (χ0) is 15.7. The first-order valence-corrected chi connectivity index (χ1v) is 8.03. The minimum Gasteiger partial charge on any atom is -0.461 e. The number of nitrogens with zero attached hydrogens (tertiary/aromatic N) is 2. The van der Waals surface area contributed by atoms with Gasteiger partial charge >= 0.3 is 0 Å². The van der Waals surface area contributed by atoms with Crippen molar-refractivity contribution < 1.29 is 9.32 Å². The van der Waals surface area contributed by atoms with E-state index in [9.17, 15) is 0 Å². The first-order valence-electron chi connectivity index (χ1n) is 7.62. The molecule has 4 nitrogen and oxygen atoms in total. The number of benzene rings is 1. The maximum absolute atomic E-state index is 5.98. The lowest BCUT2D eigenvalue weighted by Gasteiger charge is -2.14. The SMILES string of the molecule is CCc1oc2ccccc2c1C[NH+](C)Cn1ccn(C)c1=S. The Morgan fingerprint density at radius 1 is 1.23 bits per heavy atom. The number of aryl methyl sites for hydroxylation is 2. The van der Waals surface area contributed by atoms with Crippen LogP contribution in [0.3, 0.4) is 0 Å². The number of imidazole rings is 1. The number of furan rings is 1. The van der Waals surface area contributed by atoms with E-state index in [1.807, 2.05) is 36.1 Å². The predicted molar refractivity (Wildman–Crippen MR) is 90.4 cm³/mol. The number of rotatable bonds is 5. The smallest absolute Gasteiger partial charge is 0.183 e. The van der Waals surface area contributed by atoms with Gasteiger partial charge in [-0.1, -0.05) is 25.1 Å². The average Bonchev–Trinajstić information content (AvgIpc) is 3.02. The van der Waals surface area contributed by atoms with Gasteiger partial charge in [0, 0.05) is 31.2 Å². The van der Waals surface area contributed by atoms with Crippen molar-refractivity contribution in [2.24, 2.45) is 7.05 Å². The Hall–Kier alpha value is -1.85. The Bertz CT molecular complexity index is 843. The summed E-state index contributed by atoms with van der Waals surface area (Å²) in [6.07, 6.45) is 4.96. The van der Waals surface area contributed by atoms with E-state index >= 15 is 0 Å². The van der Waals surface area contributed by atoms with Crippen molar-refractivity contribution in [2.45, 2.75) is 26.6 Å². The van der Waals surface area contributed by atoms with Gasteiger partial charge in [-0.05, 0) is 18.3 Å². The average molecular weight is 316 g/mol. The van der Waals surface area contributed by atoms with Gasteiger partial charge in [0.15, 0.2) is 11.4 Å². The lowest BCUT2D eigenvalue weighted by Crippen LogP contribution is -3.06. The largest absolute Gasteiger partial charge is 0.461 e. The fraction of sp³-hybridized carbons (Fsp3) is 0.353. The highest BCUT2D eigenvalue weighted by molar-refractivity contribution is 7.71. The highest BCUT2D eigenvalue weighted by Crippen LogP contribution is 2.25. The molecule has 2 heterocycles.